The summed E-state index contributed by atoms with van der Waals surface area (Å²) in [6, 6.07) is 7.75. The van der Waals surface area contributed by atoms with Gasteiger partial charge in [-0.3, -0.25) is 9.59 Å². The van der Waals surface area contributed by atoms with Crippen LogP contribution in [0, 0.1) is 23.3 Å². The molecule has 4 nitrogen and oxygen atoms in total. The van der Waals surface area contributed by atoms with Gasteiger partial charge in [0.1, 0.15) is 0 Å². The average Bonchev–Trinajstić information content (AvgIpc) is 2.75. The lowest BCUT2D eigenvalue weighted by molar-refractivity contribution is -0.130. The minimum atomic E-state index is -0.939. The number of halogens is 4. The maximum Gasteiger partial charge on any atom is 0.222 e. The van der Waals surface area contributed by atoms with Gasteiger partial charge in [-0.05, 0) is 42.5 Å². The predicted molar refractivity (Wildman–Crippen MR) is 109 cm³/mol. The number of benzene rings is 2. The van der Waals surface area contributed by atoms with Gasteiger partial charge in [0.05, 0.1) is 0 Å². The number of carbonyl (C=O) groups excluding carboxylic acids is 2. The molecule has 168 valence electrons. The number of amides is 2. The minimum absolute atomic E-state index is 0.0465. The van der Waals surface area contributed by atoms with Gasteiger partial charge in [0.25, 0.3) is 0 Å². The molecule has 0 saturated heterocycles. The first-order chi connectivity index (χ1) is 14.7. The molecular weight excluding hydrogens is 412 g/mol. The highest BCUT2D eigenvalue weighted by Gasteiger charge is 2.15. The molecule has 0 aliphatic carbocycles. The van der Waals surface area contributed by atoms with Crippen LogP contribution in [0.4, 0.5) is 17.6 Å². The molecule has 2 aromatic rings. The normalized spacial score (nSPS) is 10.8. The van der Waals surface area contributed by atoms with Crippen LogP contribution in [0.3, 0.4) is 0 Å². The Kier molecular flexibility index (Phi) is 9.03. The zero-order valence-corrected chi connectivity index (χ0v) is 17.6. The van der Waals surface area contributed by atoms with E-state index in [-0.39, 0.29) is 48.6 Å². The van der Waals surface area contributed by atoms with Gasteiger partial charge < -0.3 is 9.80 Å². The molecule has 0 heterocycles. The van der Waals surface area contributed by atoms with E-state index in [4.69, 9.17) is 0 Å². The molecule has 0 fully saturated rings. The van der Waals surface area contributed by atoms with Gasteiger partial charge in [-0.15, -0.1) is 0 Å². The Morgan fingerprint density at radius 3 is 1.48 bits per heavy atom. The first-order valence-electron chi connectivity index (χ1n) is 10.0. The molecule has 2 amide bonds. The van der Waals surface area contributed by atoms with Crippen LogP contribution in [-0.4, -0.2) is 48.8 Å². The molecule has 0 saturated carbocycles. The molecule has 31 heavy (non-hydrogen) atoms. The first-order valence-corrected chi connectivity index (χ1v) is 10.0. The molecular formula is C23H26F4N2O2. The summed E-state index contributed by atoms with van der Waals surface area (Å²) in [5.41, 5.74) is 0.309. The van der Waals surface area contributed by atoms with Gasteiger partial charge in [0.15, 0.2) is 23.3 Å². The van der Waals surface area contributed by atoms with Crippen LogP contribution in [0.5, 0.6) is 0 Å². The van der Waals surface area contributed by atoms with Gasteiger partial charge in [-0.25, -0.2) is 17.6 Å². The Morgan fingerprint density at radius 2 is 1.10 bits per heavy atom. The van der Waals surface area contributed by atoms with Crippen LogP contribution < -0.4 is 0 Å². The number of hydrogen-bond acceptors (Lipinski definition) is 2. The number of carbonyl (C=O) groups is 2. The average molecular weight is 438 g/mol. The lowest BCUT2D eigenvalue weighted by atomic mass is 10.1. The fourth-order valence-electron chi connectivity index (χ4n) is 3.14. The third kappa shape index (κ3) is 7.08. The molecule has 2 rings (SSSR count). The number of aryl methyl sites for hydroxylation is 2. The highest BCUT2D eigenvalue weighted by molar-refractivity contribution is 5.76. The monoisotopic (exact) mass is 438 g/mol. The van der Waals surface area contributed by atoms with Gasteiger partial charge in [0.2, 0.25) is 11.8 Å². The lowest BCUT2D eigenvalue weighted by Gasteiger charge is -2.21. The van der Waals surface area contributed by atoms with Crippen molar-refractivity contribution in [2.45, 2.75) is 32.1 Å². The van der Waals surface area contributed by atoms with E-state index in [1.165, 1.54) is 34.1 Å². The Bertz CT molecular complexity index is 847. The van der Waals surface area contributed by atoms with Crippen molar-refractivity contribution in [1.29, 1.82) is 0 Å². The maximum absolute atomic E-state index is 13.7. The first kappa shape index (κ1) is 24.4. The van der Waals surface area contributed by atoms with Crippen LogP contribution in [0.2, 0.25) is 0 Å². The molecule has 0 atom stereocenters. The zero-order valence-electron chi connectivity index (χ0n) is 17.6. The van der Waals surface area contributed by atoms with Crippen molar-refractivity contribution in [3.8, 4) is 0 Å². The third-order valence-electron chi connectivity index (χ3n) is 5.12. The van der Waals surface area contributed by atoms with E-state index in [2.05, 4.69) is 0 Å². The van der Waals surface area contributed by atoms with Crippen molar-refractivity contribution >= 4 is 11.8 Å². The molecule has 8 heteroatoms. The minimum Gasteiger partial charge on any atom is -0.346 e. The highest BCUT2D eigenvalue weighted by atomic mass is 19.2. The van der Waals surface area contributed by atoms with Gasteiger partial charge in [0, 0.05) is 40.0 Å². The van der Waals surface area contributed by atoms with E-state index in [1.807, 2.05) is 0 Å². The third-order valence-corrected chi connectivity index (χ3v) is 5.12. The van der Waals surface area contributed by atoms with Gasteiger partial charge >= 0.3 is 0 Å². The van der Waals surface area contributed by atoms with Crippen LogP contribution >= 0.6 is 0 Å². The highest BCUT2D eigenvalue weighted by Crippen LogP contribution is 2.15. The molecule has 0 unspecified atom stereocenters. The van der Waals surface area contributed by atoms with Crippen molar-refractivity contribution in [1.82, 2.24) is 9.80 Å². The van der Waals surface area contributed by atoms with Crippen LogP contribution in [-0.2, 0) is 22.4 Å². The second kappa shape index (κ2) is 11.5. The molecule has 0 N–H and O–H groups in total. The van der Waals surface area contributed by atoms with Crippen molar-refractivity contribution in [3.05, 3.63) is 70.8 Å². The largest absolute Gasteiger partial charge is 0.346 e. The second-order valence-electron chi connectivity index (χ2n) is 7.41. The summed E-state index contributed by atoms with van der Waals surface area (Å²) in [6.45, 7) is 0.779. The van der Waals surface area contributed by atoms with Crippen molar-refractivity contribution < 1.29 is 27.2 Å². The van der Waals surface area contributed by atoms with E-state index in [9.17, 15) is 27.2 Å². The molecule has 2 aromatic carbocycles. The Morgan fingerprint density at radius 1 is 0.710 bits per heavy atom. The summed E-state index contributed by atoms with van der Waals surface area (Å²) in [5.74, 6) is -4.16. The topological polar surface area (TPSA) is 40.6 Å². The van der Waals surface area contributed by atoms with Gasteiger partial charge in [-0.1, -0.05) is 24.3 Å². The van der Waals surface area contributed by atoms with E-state index < -0.39 is 23.3 Å². The van der Waals surface area contributed by atoms with E-state index >= 15 is 0 Å². The fraction of sp³-hybridized carbons (Fsp3) is 0.391. The van der Waals surface area contributed by atoms with E-state index in [1.54, 1.807) is 14.1 Å². The summed E-state index contributed by atoms with van der Waals surface area (Å²) < 4.78 is 53.8. The van der Waals surface area contributed by atoms with Crippen molar-refractivity contribution in [2.24, 2.45) is 0 Å². The molecule has 0 radical (unpaired) electrons. The van der Waals surface area contributed by atoms with Crippen LogP contribution in [0.15, 0.2) is 36.4 Å². The summed E-state index contributed by atoms with van der Waals surface area (Å²) in [6.07, 6.45) is 0.812. The second-order valence-corrected chi connectivity index (χ2v) is 7.41. The summed E-state index contributed by atoms with van der Waals surface area (Å²) in [4.78, 5) is 27.4. The summed E-state index contributed by atoms with van der Waals surface area (Å²) >= 11 is 0. The lowest BCUT2D eigenvalue weighted by Crippen LogP contribution is -2.33. The smallest absolute Gasteiger partial charge is 0.222 e. The molecule has 0 bridgehead atoms. The summed E-state index contributed by atoms with van der Waals surface area (Å²) in [7, 11) is 3.22. The van der Waals surface area contributed by atoms with Crippen molar-refractivity contribution in [2.75, 3.05) is 27.2 Å². The number of nitrogens with zero attached hydrogens (tertiary/aromatic N) is 2. The standard InChI is InChI=1S/C23H26F4N2O2/c1-28(20(30)12-10-16-6-3-8-18(24)22(16)26)14-5-15-29(2)21(31)13-11-17-7-4-9-19(25)23(17)27/h3-4,6-9H,5,10-15H2,1-2H3. The van der Waals surface area contributed by atoms with Gasteiger partial charge in [-0.2, -0.15) is 0 Å². The SMILES string of the molecule is CN(CCCN(C)C(=O)CCc1cccc(F)c1F)C(=O)CCc1cccc(F)c1F. The van der Waals surface area contributed by atoms with E-state index in [0.29, 0.717) is 19.5 Å². The van der Waals surface area contributed by atoms with E-state index in [0.717, 1.165) is 12.1 Å². The summed E-state index contributed by atoms with van der Waals surface area (Å²) in [5, 5.41) is 0. The molecule has 0 spiro atoms. The molecule has 0 aromatic heterocycles. The van der Waals surface area contributed by atoms with Crippen molar-refractivity contribution in [3.63, 3.8) is 0 Å². The zero-order chi connectivity index (χ0) is 23.0. The number of hydrogen-bond donors (Lipinski definition) is 0. The Labute approximate surface area is 179 Å². The molecule has 0 aliphatic rings. The Balaban J connectivity index is 1.70. The Hall–Kier alpha value is -2.90. The number of rotatable bonds is 10. The maximum atomic E-state index is 13.7. The quantitative estimate of drug-likeness (QED) is 0.524. The molecule has 0 aliphatic heterocycles. The van der Waals surface area contributed by atoms with Crippen LogP contribution in [0.25, 0.3) is 0 Å². The van der Waals surface area contributed by atoms with Crippen LogP contribution in [0.1, 0.15) is 30.4 Å². The predicted octanol–water partition coefficient (Wildman–Crippen LogP) is 4.12. The fourth-order valence-corrected chi connectivity index (χ4v) is 3.14.